The Morgan fingerprint density at radius 2 is 2.21 bits per heavy atom. The lowest BCUT2D eigenvalue weighted by atomic mass is 10.1. The zero-order valence-corrected chi connectivity index (χ0v) is 7.44. The van der Waals surface area contributed by atoms with E-state index in [4.69, 9.17) is 5.73 Å². The third kappa shape index (κ3) is 0.907. The SMILES string of the molecule is NC1=Nc2c(ccc3cncnc23)C1. The maximum atomic E-state index is 5.68. The quantitative estimate of drug-likeness (QED) is 0.668. The number of aliphatic imine (C=N–C) groups is 1. The molecule has 4 nitrogen and oxygen atoms in total. The second-order valence-corrected chi connectivity index (χ2v) is 3.31. The van der Waals surface area contributed by atoms with Crippen LogP contribution in [0.15, 0.2) is 29.6 Å². The van der Waals surface area contributed by atoms with Crippen LogP contribution >= 0.6 is 0 Å². The highest BCUT2D eigenvalue weighted by Crippen LogP contribution is 2.32. The topological polar surface area (TPSA) is 64.2 Å². The fourth-order valence-corrected chi connectivity index (χ4v) is 1.73. The molecular weight excluding hydrogens is 176 g/mol. The van der Waals surface area contributed by atoms with Crippen LogP contribution in [0.4, 0.5) is 5.69 Å². The molecule has 1 aromatic heterocycles. The second-order valence-electron chi connectivity index (χ2n) is 3.31. The molecule has 2 N–H and O–H groups in total. The van der Waals surface area contributed by atoms with E-state index in [2.05, 4.69) is 15.0 Å². The fourth-order valence-electron chi connectivity index (χ4n) is 1.73. The summed E-state index contributed by atoms with van der Waals surface area (Å²) in [5, 5.41) is 1.00. The molecule has 0 radical (unpaired) electrons. The van der Waals surface area contributed by atoms with Crippen LogP contribution in [-0.2, 0) is 6.42 Å². The second kappa shape index (κ2) is 2.51. The molecule has 1 aliphatic rings. The Labute approximate surface area is 80.5 Å². The summed E-state index contributed by atoms with van der Waals surface area (Å²) in [4.78, 5) is 12.5. The van der Waals surface area contributed by atoms with Crippen molar-refractivity contribution in [3.63, 3.8) is 0 Å². The van der Waals surface area contributed by atoms with Gasteiger partial charge in [-0.25, -0.2) is 15.0 Å². The van der Waals surface area contributed by atoms with E-state index in [1.54, 1.807) is 6.20 Å². The van der Waals surface area contributed by atoms with Gasteiger partial charge in [-0.05, 0) is 5.56 Å². The van der Waals surface area contributed by atoms with Crippen molar-refractivity contribution in [3.8, 4) is 0 Å². The Morgan fingerprint density at radius 1 is 1.29 bits per heavy atom. The number of aromatic nitrogens is 2. The highest BCUT2D eigenvalue weighted by atomic mass is 14.9. The lowest BCUT2D eigenvalue weighted by Gasteiger charge is -2.00. The van der Waals surface area contributed by atoms with E-state index in [-0.39, 0.29) is 0 Å². The van der Waals surface area contributed by atoms with Crippen LogP contribution in [0.25, 0.3) is 10.9 Å². The van der Waals surface area contributed by atoms with Gasteiger partial charge in [-0.2, -0.15) is 0 Å². The Kier molecular flexibility index (Phi) is 1.33. The van der Waals surface area contributed by atoms with E-state index in [9.17, 15) is 0 Å². The standard InChI is InChI=1S/C10H8N4/c11-8-3-6-1-2-7-4-12-5-13-9(7)10(6)14-8/h1-2,4-5H,3H2,(H2,11,14). The fraction of sp³-hybridized carbons (Fsp3) is 0.100. The summed E-state index contributed by atoms with van der Waals surface area (Å²) in [5.41, 5.74) is 8.62. The highest BCUT2D eigenvalue weighted by Gasteiger charge is 2.15. The van der Waals surface area contributed by atoms with E-state index in [1.165, 1.54) is 6.33 Å². The minimum atomic E-state index is 0.658. The molecule has 0 amide bonds. The molecule has 2 aromatic rings. The molecule has 4 heteroatoms. The van der Waals surface area contributed by atoms with Gasteiger partial charge in [0.05, 0.1) is 11.2 Å². The molecule has 3 rings (SSSR count). The molecule has 0 saturated carbocycles. The molecule has 2 heterocycles. The third-order valence-electron chi connectivity index (χ3n) is 2.36. The molecule has 0 atom stereocenters. The van der Waals surface area contributed by atoms with Gasteiger partial charge in [-0.1, -0.05) is 12.1 Å². The summed E-state index contributed by atoms with van der Waals surface area (Å²) < 4.78 is 0. The third-order valence-corrected chi connectivity index (χ3v) is 2.36. The van der Waals surface area contributed by atoms with E-state index < -0.39 is 0 Å². The first-order chi connectivity index (χ1) is 6.84. The molecule has 0 fully saturated rings. The van der Waals surface area contributed by atoms with Crippen molar-refractivity contribution in [1.82, 2.24) is 9.97 Å². The number of nitrogens with two attached hydrogens (primary N) is 1. The zero-order chi connectivity index (χ0) is 9.54. The summed E-state index contributed by atoms with van der Waals surface area (Å²) >= 11 is 0. The van der Waals surface area contributed by atoms with Crippen molar-refractivity contribution in [2.75, 3.05) is 0 Å². The molecule has 14 heavy (non-hydrogen) atoms. The van der Waals surface area contributed by atoms with Gasteiger partial charge in [0.1, 0.15) is 12.2 Å². The van der Waals surface area contributed by atoms with Crippen molar-refractivity contribution >= 4 is 22.4 Å². The first-order valence-corrected chi connectivity index (χ1v) is 4.39. The number of hydrogen-bond acceptors (Lipinski definition) is 4. The molecule has 0 spiro atoms. The smallest absolute Gasteiger partial charge is 0.116 e. The Morgan fingerprint density at radius 3 is 3.14 bits per heavy atom. The molecule has 1 aromatic carbocycles. The Hall–Kier alpha value is -1.97. The molecule has 68 valence electrons. The van der Waals surface area contributed by atoms with Gasteiger partial charge in [0.25, 0.3) is 0 Å². The normalized spacial score (nSPS) is 14.1. The predicted octanol–water partition coefficient (Wildman–Crippen LogP) is 1.17. The first-order valence-electron chi connectivity index (χ1n) is 4.39. The van der Waals surface area contributed by atoms with Gasteiger partial charge in [0, 0.05) is 18.0 Å². The van der Waals surface area contributed by atoms with E-state index in [1.807, 2.05) is 12.1 Å². The lowest BCUT2D eigenvalue weighted by Crippen LogP contribution is -2.09. The number of rotatable bonds is 0. The van der Waals surface area contributed by atoms with Gasteiger partial charge < -0.3 is 5.73 Å². The summed E-state index contributed by atoms with van der Waals surface area (Å²) in [7, 11) is 0. The van der Waals surface area contributed by atoms with Crippen LogP contribution in [0.1, 0.15) is 5.56 Å². The molecule has 1 aliphatic heterocycles. The maximum absolute atomic E-state index is 5.68. The maximum Gasteiger partial charge on any atom is 0.116 e. The average Bonchev–Trinajstić information content (AvgIpc) is 2.59. The molecule has 0 unspecified atom stereocenters. The summed E-state index contributed by atoms with van der Waals surface area (Å²) in [6.45, 7) is 0. The van der Waals surface area contributed by atoms with E-state index in [0.29, 0.717) is 5.84 Å². The monoisotopic (exact) mass is 184 g/mol. The minimum absolute atomic E-state index is 0.658. The summed E-state index contributed by atoms with van der Waals surface area (Å²) in [5.74, 6) is 0.658. The highest BCUT2D eigenvalue weighted by molar-refractivity contribution is 6.00. The number of fused-ring (bicyclic) bond motifs is 3. The van der Waals surface area contributed by atoms with Crippen LogP contribution < -0.4 is 5.73 Å². The average molecular weight is 184 g/mol. The number of hydrogen-bond donors (Lipinski definition) is 1. The minimum Gasteiger partial charge on any atom is -0.387 e. The predicted molar refractivity (Wildman–Crippen MR) is 54.5 cm³/mol. The van der Waals surface area contributed by atoms with E-state index in [0.717, 1.165) is 28.6 Å². The summed E-state index contributed by atoms with van der Waals surface area (Å²) in [6.07, 6.45) is 4.05. The van der Waals surface area contributed by atoms with Gasteiger partial charge in [0.15, 0.2) is 0 Å². The largest absolute Gasteiger partial charge is 0.387 e. The van der Waals surface area contributed by atoms with Gasteiger partial charge in [-0.15, -0.1) is 0 Å². The van der Waals surface area contributed by atoms with Crippen LogP contribution in [0.2, 0.25) is 0 Å². The van der Waals surface area contributed by atoms with Crippen molar-refractivity contribution in [3.05, 3.63) is 30.2 Å². The van der Waals surface area contributed by atoms with Crippen LogP contribution in [-0.4, -0.2) is 15.8 Å². The Balaban J connectivity index is 2.42. The van der Waals surface area contributed by atoms with Gasteiger partial charge >= 0.3 is 0 Å². The van der Waals surface area contributed by atoms with Gasteiger partial charge in [-0.3, -0.25) is 0 Å². The van der Waals surface area contributed by atoms with Crippen molar-refractivity contribution < 1.29 is 0 Å². The van der Waals surface area contributed by atoms with E-state index >= 15 is 0 Å². The summed E-state index contributed by atoms with van der Waals surface area (Å²) in [6, 6.07) is 4.03. The zero-order valence-electron chi connectivity index (χ0n) is 7.44. The number of nitrogens with zero attached hydrogens (tertiary/aromatic N) is 3. The number of benzene rings is 1. The van der Waals surface area contributed by atoms with Crippen molar-refractivity contribution in [2.24, 2.45) is 10.7 Å². The van der Waals surface area contributed by atoms with Crippen molar-refractivity contribution in [1.29, 1.82) is 0 Å². The first kappa shape index (κ1) is 7.44. The molecule has 0 bridgehead atoms. The van der Waals surface area contributed by atoms with Gasteiger partial charge in [0.2, 0.25) is 0 Å². The lowest BCUT2D eigenvalue weighted by molar-refractivity contribution is 1.22. The Bertz CT molecular complexity index is 545. The van der Waals surface area contributed by atoms with Crippen LogP contribution in [0, 0.1) is 0 Å². The molecular formula is C10H8N4. The molecule has 0 saturated heterocycles. The van der Waals surface area contributed by atoms with Crippen LogP contribution in [0.3, 0.4) is 0 Å². The van der Waals surface area contributed by atoms with Crippen LogP contribution in [0.5, 0.6) is 0 Å². The number of amidine groups is 1. The van der Waals surface area contributed by atoms with Crippen molar-refractivity contribution in [2.45, 2.75) is 6.42 Å². The molecule has 0 aliphatic carbocycles.